The van der Waals surface area contributed by atoms with Gasteiger partial charge in [-0.25, -0.2) is 0 Å². The molecular formula is C25H36F3N3O2. The van der Waals surface area contributed by atoms with Gasteiger partial charge in [-0.2, -0.15) is 13.2 Å². The van der Waals surface area contributed by atoms with Gasteiger partial charge in [-0.1, -0.05) is 19.9 Å². The first-order chi connectivity index (χ1) is 15.7. The van der Waals surface area contributed by atoms with Crippen LogP contribution in [0.15, 0.2) is 24.3 Å². The fourth-order valence-corrected chi connectivity index (χ4v) is 5.73. The van der Waals surface area contributed by atoms with E-state index < -0.39 is 11.7 Å². The highest BCUT2D eigenvalue weighted by Crippen LogP contribution is 2.40. The summed E-state index contributed by atoms with van der Waals surface area (Å²) in [5.74, 6) is 0.722. The van der Waals surface area contributed by atoms with Gasteiger partial charge in [0.2, 0.25) is 5.91 Å². The van der Waals surface area contributed by atoms with Gasteiger partial charge in [0, 0.05) is 56.0 Å². The van der Waals surface area contributed by atoms with Crippen molar-refractivity contribution in [2.45, 2.75) is 64.2 Å². The van der Waals surface area contributed by atoms with Gasteiger partial charge in [0.25, 0.3) is 0 Å². The molecule has 1 aliphatic carbocycles. The number of piperazine rings is 1. The molecule has 4 atom stereocenters. The fraction of sp³-hybridized carbons (Fsp3) is 0.720. The van der Waals surface area contributed by atoms with Crippen molar-refractivity contribution in [1.29, 1.82) is 0 Å². The van der Waals surface area contributed by atoms with E-state index in [1.54, 1.807) is 6.07 Å². The number of amides is 1. The Morgan fingerprint density at radius 2 is 1.97 bits per heavy atom. The largest absolute Gasteiger partial charge is 0.416 e. The summed E-state index contributed by atoms with van der Waals surface area (Å²) in [6.45, 7) is 8.07. The van der Waals surface area contributed by atoms with Crippen molar-refractivity contribution in [2.75, 3.05) is 44.3 Å². The van der Waals surface area contributed by atoms with Crippen molar-refractivity contribution < 1.29 is 22.7 Å². The molecule has 8 heteroatoms. The highest BCUT2D eigenvalue weighted by atomic mass is 19.4. The molecule has 1 saturated carbocycles. The number of rotatable bonds is 5. The third-order valence-electron chi connectivity index (χ3n) is 7.81. The van der Waals surface area contributed by atoms with Crippen LogP contribution in [-0.4, -0.2) is 62.3 Å². The standard InChI is InChI=1S/C25H36F3N3O2/c1-3-18-17-33-14-8-22(18)29-20-7-9-24(2,16-20)23(32)31-12-10-30(11-13-31)21-6-4-5-19(15-21)25(26,27)28/h4-6,15,18,20,22,29H,3,7-14,16-17H2,1-2H3. The summed E-state index contributed by atoms with van der Waals surface area (Å²) >= 11 is 0. The molecular weight excluding hydrogens is 431 g/mol. The van der Waals surface area contributed by atoms with Gasteiger partial charge in [-0.3, -0.25) is 4.79 Å². The number of hydrogen-bond acceptors (Lipinski definition) is 4. The third-order valence-corrected chi connectivity index (χ3v) is 7.81. The monoisotopic (exact) mass is 467 g/mol. The fourth-order valence-electron chi connectivity index (χ4n) is 5.73. The van der Waals surface area contributed by atoms with E-state index in [9.17, 15) is 18.0 Å². The number of carbonyl (C=O) groups is 1. The van der Waals surface area contributed by atoms with E-state index in [-0.39, 0.29) is 11.3 Å². The molecule has 0 aromatic heterocycles. The number of nitrogens with one attached hydrogen (secondary N) is 1. The summed E-state index contributed by atoms with van der Waals surface area (Å²) in [5.41, 5.74) is -0.441. The van der Waals surface area contributed by atoms with Crippen LogP contribution in [0.2, 0.25) is 0 Å². The second-order valence-electron chi connectivity index (χ2n) is 10.1. The summed E-state index contributed by atoms with van der Waals surface area (Å²) in [5, 5.41) is 3.83. The molecule has 1 aromatic carbocycles. The van der Waals surface area contributed by atoms with E-state index in [1.807, 2.05) is 9.80 Å². The van der Waals surface area contributed by atoms with Crippen LogP contribution in [0.5, 0.6) is 0 Å². The van der Waals surface area contributed by atoms with Crippen LogP contribution >= 0.6 is 0 Å². The number of nitrogens with zero attached hydrogens (tertiary/aromatic N) is 2. The van der Waals surface area contributed by atoms with Crippen molar-refractivity contribution in [3.63, 3.8) is 0 Å². The number of ether oxygens (including phenoxy) is 1. The molecule has 4 rings (SSSR count). The van der Waals surface area contributed by atoms with Crippen LogP contribution < -0.4 is 10.2 Å². The average molecular weight is 468 g/mol. The minimum atomic E-state index is -4.35. The molecule has 0 radical (unpaired) electrons. The van der Waals surface area contributed by atoms with Gasteiger partial charge in [0.05, 0.1) is 12.2 Å². The molecule has 1 amide bonds. The predicted molar refractivity (Wildman–Crippen MR) is 122 cm³/mol. The van der Waals surface area contributed by atoms with Crippen LogP contribution in [0.3, 0.4) is 0 Å². The minimum absolute atomic E-state index is 0.189. The molecule has 0 bridgehead atoms. The summed E-state index contributed by atoms with van der Waals surface area (Å²) < 4.78 is 44.8. The quantitative estimate of drug-likeness (QED) is 0.701. The lowest BCUT2D eigenvalue weighted by molar-refractivity contribution is -0.141. The number of hydrogen-bond donors (Lipinski definition) is 1. The average Bonchev–Trinajstić information content (AvgIpc) is 3.20. The number of carbonyl (C=O) groups excluding carboxylic acids is 1. The van der Waals surface area contributed by atoms with Gasteiger partial charge >= 0.3 is 6.18 Å². The molecule has 2 saturated heterocycles. The zero-order valence-corrected chi connectivity index (χ0v) is 19.7. The predicted octanol–water partition coefficient (Wildman–Crippen LogP) is 4.32. The smallest absolute Gasteiger partial charge is 0.381 e. The first-order valence-electron chi connectivity index (χ1n) is 12.2. The lowest BCUT2D eigenvalue weighted by atomic mass is 9.86. The highest BCUT2D eigenvalue weighted by Gasteiger charge is 2.44. The Labute approximate surface area is 194 Å². The zero-order valence-electron chi connectivity index (χ0n) is 19.7. The number of benzene rings is 1. The highest BCUT2D eigenvalue weighted by molar-refractivity contribution is 5.83. The molecule has 33 heavy (non-hydrogen) atoms. The second kappa shape index (κ2) is 9.82. The molecule has 3 aliphatic rings. The molecule has 1 aromatic rings. The Hall–Kier alpha value is -1.80. The number of alkyl halides is 3. The van der Waals surface area contributed by atoms with E-state index >= 15 is 0 Å². The van der Waals surface area contributed by atoms with Crippen LogP contribution in [0, 0.1) is 11.3 Å². The van der Waals surface area contributed by atoms with E-state index in [0.29, 0.717) is 49.9 Å². The minimum Gasteiger partial charge on any atom is -0.381 e. The maximum atomic E-state index is 13.4. The lowest BCUT2D eigenvalue weighted by Gasteiger charge is -2.40. The van der Waals surface area contributed by atoms with Crippen LogP contribution in [0.1, 0.15) is 51.5 Å². The van der Waals surface area contributed by atoms with Crippen molar-refractivity contribution in [1.82, 2.24) is 10.2 Å². The zero-order chi connectivity index (χ0) is 23.6. The van der Waals surface area contributed by atoms with Crippen molar-refractivity contribution >= 4 is 11.6 Å². The molecule has 2 aliphatic heterocycles. The number of halogens is 3. The maximum absolute atomic E-state index is 13.4. The summed E-state index contributed by atoms with van der Waals surface area (Å²) in [6, 6.07) is 6.26. The van der Waals surface area contributed by atoms with Gasteiger partial charge in [-0.05, 0) is 56.2 Å². The summed E-state index contributed by atoms with van der Waals surface area (Å²) in [6.07, 6.45) is 0.482. The van der Waals surface area contributed by atoms with Crippen molar-refractivity contribution in [3.8, 4) is 0 Å². The molecule has 3 fully saturated rings. The van der Waals surface area contributed by atoms with E-state index in [2.05, 4.69) is 19.2 Å². The van der Waals surface area contributed by atoms with Crippen LogP contribution in [0.25, 0.3) is 0 Å². The number of anilines is 1. The van der Waals surface area contributed by atoms with Gasteiger partial charge in [-0.15, -0.1) is 0 Å². The Bertz CT molecular complexity index is 825. The van der Waals surface area contributed by atoms with Gasteiger partial charge in [0.1, 0.15) is 0 Å². The van der Waals surface area contributed by atoms with E-state index in [1.165, 1.54) is 12.1 Å². The van der Waals surface area contributed by atoms with Gasteiger partial charge < -0.3 is 19.9 Å². The van der Waals surface area contributed by atoms with Crippen LogP contribution in [-0.2, 0) is 15.7 Å². The molecule has 1 N–H and O–H groups in total. The van der Waals surface area contributed by atoms with Crippen molar-refractivity contribution in [3.05, 3.63) is 29.8 Å². The first kappa shape index (κ1) is 24.3. The SMILES string of the molecule is CCC1COCCC1NC1CCC(C)(C(=O)N2CCN(c3cccc(C(F)(F)F)c3)CC2)C1. The summed E-state index contributed by atoms with van der Waals surface area (Å²) in [4.78, 5) is 17.3. The van der Waals surface area contributed by atoms with Crippen LogP contribution in [0.4, 0.5) is 18.9 Å². The maximum Gasteiger partial charge on any atom is 0.416 e. The Morgan fingerprint density at radius 3 is 2.67 bits per heavy atom. The third kappa shape index (κ3) is 5.48. The topological polar surface area (TPSA) is 44.8 Å². The van der Waals surface area contributed by atoms with E-state index in [0.717, 1.165) is 51.4 Å². The second-order valence-corrected chi connectivity index (χ2v) is 10.1. The van der Waals surface area contributed by atoms with Gasteiger partial charge in [0.15, 0.2) is 0 Å². The summed E-state index contributed by atoms with van der Waals surface area (Å²) in [7, 11) is 0. The molecule has 5 nitrogen and oxygen atoms in total. The molecule has 2 heterocycles. The lowest BCUT2D eigenvalue weighted by Crippen LogP contribution is -2.53. The van der Waals surface area contributed by atoms with E-state index in [4.69, 9.17) is 4.74 Å². The Balaban J connectivity index is 1.31. The Kier molecular flexibility index (Phi) is 7.24. The normalized spacial score (nSPS) is 31.1. The molecule has 184 valence electrons. The Morgan fingerprint density at radius 1 is 1.21 bits per heavy atom. The molecule has 0 spiro atoms. The molecule has 4 unspecified atom stereocenters. The van der Waals surface area contributed by atoms with Crippen molar-refractivity contribution in [2.24, 2.45) is 11.3 Å². The first-order valence-corrected chi connectivity index (χ1v) is 12.2.